The summed E-state index contributed by atoms with van der Waals surface area (Å²) in [4.78, 5) is 21.8. The Bertz CT molecular complexity index is 721. The lowest BCUT2D eigenvalue weighted by molar-refractivity contribution is -0.384. The highest BCUT2D eigenvalue weighted by Crippen LogP contribution is 2.29. The highest BCUT2D eigenvalue weighted by atomic mass is 16.6. The summed E-state index contributed by atoms with van der Waals surface area (Å²) in [5.41, 5.74) is 1.99. The van der Waals surface area contributed by atoms with E-state index in [2.05, 4.69) is 5.10 Å². The number of rotatable bonds is 4. The van der Waals surface area contributed by atoms with Gasteiger partial charge in [0.2, 0.25) is 0 Å². The predicted octanol–water partition coefficient (Wildman–Crippen LogP) is 2.59. The third kappa shape index (κ3) is 2.49. The second-order valence-corrected chi connectivity index (χ2v) is 4.80. The molecule has 1 atom stereocenters. The third-order valence-corrected chi connectivity index (χ3v) is 3.46. The maximum Gasteiger partial charge on any atom is 0.310 e. The fourth-order valence-corrected chi connectivity index (χ4v) is 2.44. The molecule has 1 aromatic carbocycles. The van der Waals surface area contributed by atoms with Crippen molar-refractivity contribution in [3.05, 3.63) is 51.3 Å². The molecule has 0 spiro atoms. The summed E-state index contributed by atoms with van der Waals surface area (Å²) in [7, 11) is 0. The SMILES string of the molecule is Cc1nn(-c2ccccc2[N+](=O)[O-])c(C)c1C(C)C(=O)O. The minimum atomic E-state index is -0.955. The first-order chi connectivity index (χ1) is 9.84. The van der Waals surface area contributed by atoms with E-state index in [4.69, 9.17) is 5.11 Å². The van der Waals surface area contributed by atoms with Crippen LogP contribution in [0.25, 0.3) is 5.69 Å². The van der Waals surface area contributed by atoms with Gasteiger partial charge in [0.1, 0.15) is 5.69 Å². The largest absolute Gasteiger partial charge is 0.481 e. The van der Waals surface area contributed by atoms with E-state index in [1.165, 1.54) is 10.7 Å². The van der Waals surface area contributed by atoms with Crippen LogP contribution in [0.4, 0.5) is 5.69 Å². The van der Waals surface area contributed by atoms with Crippen LogP contribution in [0, 0.1) is 24.0 Å². The Hall–Kier alpha value is -2.70. The van der Waals surface area contributed by atoms with E-state index in [-0.39, 0.29) is 5.69 Å². The fraction of sp³-hybridized carbons (Fsp3) is 0.286. The summed E-state index contributed by atoms with van der Waals surface area (Å²) in [6.07, 6.45) is 0. The van der Waals surface area contributed by atoms with Gasteiger partial charge >= 0.3 is 5.97 Å². The van der Waals surface area contributed by atoms with Crippen molar-refractivity contribution >= 4 is 11.7 Å². The lowest BCUT2D eigenvalue weighted by atomic mass is 9.99. The van der Waals surface area contributed by atoms with Crippen molar-refractivity contribution in [2.75, 3.05) is 0 Å². The van der Waals surface area contributed by atoms with Crippen molar-refractivity contribution in [2.45, 2.75) is 26.7 Å². The van der Waals surface area contributed by atoms with Crippen LogP contribution in [0.2, 0.25) is 0 Å². The molecule has 1 heterocycles. The molecule has 0 amide bonds. The maximum absolute atomic E-state index is 11.2. The monoisotopic (exact) mass is 289 g/mol. The number of benzene rings is 1. The van der Waals surface area contributed by atoms with Crippen LogP contribution in [-0.2, 0) is 4.79 Å². The molecule has 0 radical (unpaired) electrons. The minimum Gasteiger partial charge on any atom is -0.481 e. The van der Waals surface area contributed by atoms with Gasteiger partial charge in [-0.2, -0.15) is 5.10 Å². The number of carbonyl (C=O) groups is 1. The smallest absolute Gasteiger partial charge is 0.310 e. The van der Waals surface area contributed by atoms with Gasteiger partial charge in [-0.1, -0.05) is 12.1 Å². The standard InChI is InChI=1S/C14H15N3O4/c1-8(14(18)19)13-9(2)15-16(10(13)3)11-6-4-5-7-12(11)17(20)21/h4-8H,1-3H3,(H,18,19). The molecule has 1 unspecified atom stereocenters. The number of hydrogen-bond donors (Lipinski definition) is 1. The topological polar surface area (TPSA) is 98.3 Å². The molecule has 1 N–H and O–H groups in total. The summed E-state index contributed by atoms with van der Waals surface area (Å²) >= 11 is 0. The molecular formula is C14H15N3O4. The van der Waals surface area contributed by atoms with Gasteiger partial charge in [0.05, 0.1) is 16.5 Å². The average Bonchev–Trinajstić information content (AvgIpc) is 2.73. The van der Waals surface area contributed by atoms with Gasteiger partial charge in [-0.05, 0) is 26.8 Å². The summed E-state index contributed by atoms with van der Waals surface area (Å²) < 4.78 is 1.43. The Kier molecular flexibility index (Phi) is 3.75. The molecule has 0 bridgehead atoms. The van der Waals surface area contributed by atoms with Gasteiger partial charge < -0.3 is 5.11 Å². The molecule has 7 nitrogen and oxygen atoms in total. The Morgan fingerprint density at radius 2 is 2.00 bits per heavy atom. The summed E-state index contributed by atoms with van der Waals surface area (Å²) in [6, 6.07) is 6.24. The molecule has 21 heavy (non-hydrogen) atoms. The molecule has 0 aliphatic heterocycles. The number of aromatic nitrogens is 2. The zero-order valence-corrected chi connectivity index (χ0v) is 11.9. The van der Waals surface area contributed by atoms with E-state index in [0.29, 0.717) is 22.6 Å². The number of para-hydroxylation sites is 2. The molecule has 2 rings (SSSR count). The molecule has 1 aromatic heterocycles. The summed E-state index contributed by atoms with van der Waals surface area (Å²) in [5, 5.41) is 24.5. The van der Waals surface area contributed by atoms with Crippen LogP contribution in [0.15, 0.2) is 24.3 Å². The quantitative estimate of drug-likeness (QED) is 0.689. The third-order valence-electron chi connectivity index (χ3n) is 3.46. The van der Waals surface area contributed by atoms with Gasteiger partial charge in [0, 0.05) is 17.3 Å². The molecular weight excluding hydrogens is 274 g/mol. The fourth-order valence-electron chi connectivity index (χ4n) is 2.44. The number of aliphatic carboxylic acids is 1. The Balaban J connectivity index is 2.65. The highest BCUT2D eigenvalue weighted by Gasteiger charge is 2.25. The van der Waals surface area contributed by atoms with Crippen molar-refractivity contribution < 1.29 is 14.8 Å². The van der Waals surface area contributed by atoms with Crippen LogP contribution in [-0.4, -0.2) is 25.8 Å². The number of aryl methyl sites for hydroxylation is 1. The number of nitro benzene ring substituents is 1. The van der Waals surface area contributed by atoms with Crippen LogP contribution in [0.3, 0.4) is 0 Å². The predicted molar refractivity (Wildman–Crippen MR) is 75.7 cm³/mol. The first-order valence-corrected chi connectivity index (χ1v) is 6.37. The van der Waals surface area contributed by atoms with Gasteiger partial charge in [-0.15, -0.1) is 0 Å². The van der Waals surface area contributed by atoms with Crippen LogP contribution in [0.1, 0.15) is 29.8 Å². The molecule has 0 fully saturated rings. The minimum absolute atomic E-state index is 0.0716. The van der Waals surface area contributed by atoms with Gasteiger partial charge in [0.25, 0.3) is 5.69 Å². The van der Waals surface area contributed by atoms with Crippen molar-refractivity contribution in [2.24, 2.45) is 0 Å². The number of hydrogen-bond acceptors (Lipinski definition) is 4. The highest BCUT2D eigenvalue weighted by molar-refractivity contribution is 5.76. The molecule has 0 saturated heterocycles. The first-order valence-electron chi connectivity index (χ1n) is 6.37. The summed E-state index contributed by atoms with van der Waals surface area (Å²) in [5.74, 6) is -1.68. The van der Waals surface area contributed by atoms with Gasteiger partial charge in [0.15, 0.2) is 0 Å². The van der Waals surface area contributed by atoms with E-state index in [1.54, 1.807) is 39.0 Å². The second-order valence-electron chi connectivity index (χ2n) is 4.80. The normalized spacial score (nSPS) is 12.1. The van der Waals surface area contributed by atoms with E-state index in [1.807, 2.05) is 0 Å². The molecule has 0 aliphatic rings. The van der Waals surface area contributed by atoms with E-state index < -0.39 is 16.8 Å². The van der Waals surface area contributed by atoms with E-state index in [0.717, 1.165) is 0 Å². The molecule has 0 saturated carbocycles. The molecule has 2 aromatic rings. The second kappa shape index (κ2) is 5.35. The van der Waals surface area contributed by atoms with Gasteiger partial charge in [-0.3, -0.25) is 14.9 Å². The van der Waals surface area contributed by atoms with Crippen LogP contribution in [0.5, 0.6) is 0 Å². The lowest BCUT2D eigenvalue weighted by Gasteiger charge is -2.08. The maximum atomic E-state index is 11.2. The van der Waals surface area contributed by atoms with E-state index in [9.17, 15) is 14.9 Å². The molecule has 110 valence electrons. The van der Waals surface area contributed by atoms with Crippen molar-refractivity contribution in [1.82, 2.24) is 9.78 Å². The number of nitro groups is 1. The molecule has 0 aliphatic carbocycles. The lowest BCUT2D eigenvalue weighted by Crippen LogP contribution is -2.10. The Labute approximate surface area is 121 Å². The number of carboxylic acid groups (broad SMARTS) is 1. The van der Waals surface area contributed by atoms with Crippen LogP contribution < -0.4 is 0 Å². The summed E-state index contributed by atoms with van der Waals surface area (Å²) in [6.45, 7) is 4.99. The van der Waals surface area contributed by atoms with Crippen molar-refractivity contribution in [3.63, 3.8) is 0 Å². The van der Waals surface area contributed by atoms with Crippen molar-refractivity contribution in [3.8, 4) is 5.69 Å². The zero-order chi connectivity index (χ0) is 15.7. The Morgan fingerprint density at radius 1 is 1.38 bits per heavy atom. The Morgan fingerprint density at radius 3 is 2.57 bits per heavy atom. The number of nitrogens with zero attached hydrogens (tertiary/aromatic N) is 3. The molecule has 7 heteroatoms. The van der Waals surface area contributed by atoms with Crippen molar-refractivity contribution in [1.29, 1.82) is 0 Å². The first kappa shape index (κ1) is 14.7. The number of carboxylic acids is 1. The average molecular weight is 289 g/mol. The zero-order valence-electron chi connectivity index (χ0n) is 11.9. The van der Waals surface area contributed by atoms with E-state index >= 15 is 0 Å². The van der Waals surface area contributed by atoms with Gasteiger partial charge in [-0.25, -0.2) is 4.68 Å². The van der Waals surface area contributed by atoms with Crippen LogP contribution >= 0.6 is 0 Å².